The van der Waals surface area contributed by atoms with Crippen LogP contribution in [0.5, 0.6) is 0 Å². The minimum absolute atomic E-state index is 0.0814. The lowest BCUT2D eigenvalue weighted by Crippen LogP contribution is -2.61. The van der Waals surface area contributed by atoms with Crippen LogP contribution in [0.15, 0.2) is 0 Å². The Labute approximate surface area is 134 Å². The van der Waals surface area contributed by atoms with Gasteiger partial charge in [-0.25, -0.2) is 0 Å². The zero-order chi connectivity index (χ0) is 15.7. The molecular formula is C15H29N3O3S. The standard InChI is InChI=1S/C15H29N3O3S/c1-3-13-11-17-8-4-5-15(17)12-18(13)22(19,20)16(2)14-6-9-21-10-7-14/h13-15H,3-12H2,1-2H3. The van der Waals surface area contributed by atoms with Gasteiger partial charge in [0, 0.05) is 51.5 Å². The molecule has 0 aromatic heterocycles. The molecule has 0 amide bonds. The van der Waals surface area contributed by atoms with Crippen molar-refractivity contribution >= 4 is 10.2 Å². The number of nitrogens with zero attached hydrogens (tertiary/aromatic N) is 3. The van der Waals surface area contributed by atoms with Gasteiger partial charge in [0.2, 0.25) is 0 Å². The van der Waals surface area contributed by atoms with Gasteiger partial charge >= 0.3 is 0 Å². The third-order valence-corrected chi connectivity index (χ3v) is 7.64. The molecule has 128 valence electrons. The molecule has 0 spiro atoms. The normalized spacial score (nSPS) is 32.5. The first-order valence-electron chi connectivity index (χ1n) is 8.60. The largest absolute Gasteiger partial charge is 0.381 e. The average molecular weight is 331 g/mol. The zero-order valence-corrected chi connectivity index (χ0v) is 14.6. The molecule has 7 heteroatoms. The highest BCUT2D eigenvalue weighted by Gasteiger charge is 2.43. The van der Waals surface area contributed by atoms with E-state index in [1.165, 1.54) is 6.42 Å². The van der Waals surface area contributed by atoms with Crippen LogP contribution in [0.25, 0.3) is 0 Å². The first kappa shape index (κ1) is 16.6. The van der Waals surface area contributed by atoms with Crippen LogP contribution in [0.1, 0.15) is 39.0 Å². The molecule has 0 N–H and O–H groups in total. The Bertz CT molecular complexity index is 478. The van der Waals surface area contributed by atoms with Crippen LogP contribution in [0.4, 0.5) is 0 Å². The van der Waals surface area contributed by atoms with Gasteiger partial charge in [0.05, 0.1) is 0 Å². The fraction of sp³-hybridized carbons (Fsp3) is 1.00. The van der Waals surface area contributed by atoms with Crippen molar-refractivity contribution in [3.05, 3.63) is 0 Å². The van der Waals surface area contributed by atoms with Crippen molar-refractivity contribution in [3.8, 4) is 0 Å². The molecule has 0 bridgehead atoms. The fourth-order valence-electron chi connectivity index (χ4n) is 4.08. The fourth-order valence-corrected chi connectivity index (χ4v) is 5.95. The van der Waals surface area contributed by atoms with Crippen molar-refractivity contribution in [2.45, 2.75) is 57.2 Å². The van der Waals surface area contributed by atoms with E-state index in [0.717, 1.165) is 38.8 Å². The van der Waals surface area contributed by atoms with E-state index in [0.29, 0.717) is 25.8 Å². The number of piperazine rings is 1. The zero-order valence-electron chi connectivity index (χ0n) is 13.8. The van der Waals surface area contributed by atoms with Gasteiger partial charge in [-0.1, -0.05) is 6.92 Å². The molecule has 3 fully saturated rings. The molecule has 3 saturated heterocycles. The van der Waals surface area contributed by atoms with Crippen molar-refractivity contribution in [3.63, 3.8) is 0 Å². The highest BCUT2D eigenvalue weighted by atomic mass is 32.2. The summed E-state index contributed by atoms with van der Waals surface area (Å²) in [5.41, 5.74) is 0. The van der Waals surface area contributed by atoms with Gasteiger partial charge in [-0.2, -0.15) is 17.0 Å². The van der Waals surface area contributed by atoms with Gasteiger partial charge in [0.1, 0.15) is 0 Å². The molecule has 3 heterocycles. The summed E-state index contributed by atoms with van der Waals surface area (Å²) in [6.07, 6.45) is 4.81. The maximum Gasteiger partial charge on any atom is 0.282 e. The summed E-state index contributed by atoms with van der Waals surface area (Å²) in [5, 5.41) is 0. The number of fused-ring (bicyclic) bond motifs is 1. The quantitative estimate of drug-likeness (QED) is 0.768. The summed E-state index contributed by atoms with van der Waals surface area (Å²) < 4.78 is 35.0. The maximum absolute atomic E-state index is 13.1. The summed E-state index contributed by atoms with van der Waals surface area (Å²) >= 11 is 0. The second-order valence-electron chi connectivity index (χ2n) is 6.79. The Balaban J connectivity index is 1.76. The number of hydrogen-bond acceptors (Lipinski definition) is 4. The molecular weight excluding hydrogens is 302 g/mol. The molecule has 3 aliphatic rings. The molecule has 2 unspecified atom stereocenters. The maximum atomic E-state index is 13.1. The highest BCUT2D eigenvalue weighted by Crippen LogP contribution is 2.29. The van der Waals surface area contributed by atoms with Crippen LogP contribution in [-0.4, -0.2) is 79.9 Å². The van der Waals surface area contributed by atoms with Crippen LogP contribution in [0, 0.1) is 0 Å². The van der Waals surface area contributed by atoms with E-state index in [-0.39, 0.29) is 12.1 Å². The van der Waals surface area contributed by atoms with Gasteiger partial charge in [-0.05, 0) is 38.6 Å². The Kier molecular flexibility index (Phi) is 5.09. The average Bonchev–Trinajstić information content (AvgIpc) is 3.01. The lowest BCUT2D eigenvalue weighted by Gasteiger charge is -2.45. The van der Waals surface area contributed by atoms with Gasteiger partial charge in [-0.15, -0.1) is 0 Å². The topological polar surface area (TPSA) is 53.1 Å². The smallest absolute Gasteiger partial charge is 0.282 e. The molecule has 3 aliphatic heterocycles. The molecule has 2 atom stereocenters. The minimum atomic E-state index is -3.38. The Morgan fingerprint density at radius 3 is 2.59 bits per heavy atom. The predicted molar refractivity (Wildman–Crippen MR) is 85.9 cm³/mol. The van der Waals surface area contributed by atoms with Crippen molar-refractivity contribution in [2.24, 2.45) is 0 Å². The molecule has 0 aromatic carbocycles. The minimum Gasteiger partial charge on any atom is -0.381 e. The number of ether oxygens (including phenoxy) is 1. The van der Waals surface area contributed by atoms with Gasteiger partial charge in [0.15, 0.2) is 0 Å². The van der Waals surface area contributed by atoms with E-state index in [1.54, 1.807) is 15.7 Å². The van der Waals surface area contributed by atoms with E-state index in [4.69, 9.17) is 4.74 Å². The van der Waals surface area contributed by atoms with Crippen molar-refractivity contribution in [1.29, 1.82) is 0 Å². The van der Waals surface area contributed by atoms with Crippen LogP contribution >= 0.6 is 0 Å². The van der Waals surface area contributed by atoms with Crippen molar-refractivity contribution in [2.75, 3.05) is 39.9 Å². The lowest BCUT2D eigenvalue weighted by molar-refractivity contribution is 0.0574. The molecule has 3 rings (SSSR count). The van der Waals surface area contributed by atoms with Crippen LogP contribution in [0.3, 0.4) is 0 Å². The van der Waals surface area contributed by atoms with Gasteiger partial charge in [-0.3, -0.25) is 4.90 Å². The first-order valence-corrected chi connectivity index (χ1v) is 10.00. The van der Waals surface area contributed by atoms with Gasteiger partial charge in [0.25, 0.3) is 10.2 Å². The Morgan fingerprint density at radius 2 is 1.91 bits per heavy atom. The molecule has 0 aromatic rings. The second-order valence-corrected chi connectivity index (χ2v) is 8.73. The summed E-state index contributed by atoms with van der Waals surface area (Å²) in [7, 11) is -1.63. The number of hydrogen-bond donors (Lipinski definition) is 0. The van der Waals surface area contributed by atoms with Crippen molar-refractivity contribution < 1.29 is 13.2 Å². The highest BCUT2D eigenvalue weighted by molar-refractivity contribution is 7.86. The summed E-state index contributed by atoms with van der Waals surface area (Å²) in [6, 6.07) is 0.611. The Morgan fingerprint density at radius 1 is 1.18 bits per heavy atom. The Hall–Kier alpha value is -0.210. The van der Waals surface area contributed by atoms with E-state index >= 15 is 0 Å². The van der Waals surface area contributed by atoms with Gasteiger partial charge < -0.3 is 4.74 Å². The van der Waals surface area contributed by atoms with E-state index in [1.807, 2.05) is 0 Å². The molecule has 0 saturated carbocycles. The van der Waals surface area contributed by atoms with Crippen LogP contribution in [0.2, 0.25) is 0 Å². The predicted octanol–water partition coefficient (Wildman–Crippen LogP) is 0.901. The summed E-state index contributed by atoms with van der Waals surface area (Å²) in [6.45, 7) is 6.11. The van der Waals surface area contributed by atoms with Crippen LogP contribution in [-0.2, 0) is 14.9 Å². The van der Waals surface area contributed by atoms with E-state index in [2.05, 4.69) is 11.8 Å². The first-order chi connectivity index (χ1) is 10.5. The lowest BCUT2D eigenvalue weighted by atomic mass is 10.1. The molecule has 0 aliphatic carbocycles. The van der Waals surface area contributed by atoms with Crippen molar-refractivity contribution in [1.82, 2.24) is 13.5 Å². The van der Waals surface area contributed by atoms with E-state index < -0.39 is 10.2 Å². The van der Waals surface area contributed by atoms with E-state index in [9.17, 15) is 8.42 Å². The SMILES string of the molecule is CCC1CN2CCCC2CN1S(=O)(=O)N(C)C1CCOCC1. The molecule has 6 nitrogen and oxygen atoms in total. The monoisotopic (exact) mass is 331 g/mol. The molecule has 0 radical (unpaired) electrons. The summed E-state index contributed by atoms with van der Waals surface area (Å²) in [4.78, 5) is 2.48. The second kappa shape index (κ2) is 6.73. The third kappa shape index (κ3) is 3.06. The van der Waals surface area contributed by atoms with Crippen LogP contribution < -0.4 is 0 Å². The number of rotatable bonds is 4. The summed E-state index contributed by atoms with van der Waals surface area (Å²) in [5.74, 6) is 0. The molecule has 22 heavy (non-hydrogen) atoms. The third-order valence-electron chi connectivity index (χ3n) is 5.58.